The molecule has 117 heavy (non-hydrogen) atoms. The van der Waals surface area contributed by atoms with E-state index < -0.39 is 0 Å². The zero-order valence-corrected chi connectivity index (χ0v) is 77.7. The van der Waals surface area contributed by atoms with Crippen molar-refractivity contribution < 1.29 is 51.1 Å². The molecule has 0 amide bonds. The largest absolute Gasteiger partial charge is 0.493 e. The monoisotopic (exact) mass is 1600 g/mol. The Morgan fingerprint density at radius 1 is 0.214 bits per heavy atom. The lowest BCUT2D eigenvalue weighted by Crippen LogP contribution is -2.10. The Bertz CT molecular complexity index is 3980. The van der Waals surface area contributed by atoms with Gasteiger partial charge >= 0.3 is 0 Å². The minimum Gasteiger partial charge on any atom is -0.493 e. The zero-order chi connectivity index (χ0) is 86.8. The van der Waals surface area contributed by atoms with Crippen molar-refractivity contribution in [1.29, 1.82) is 0 Å². The summed E-state index contributed by atoms with van der Waals surface area (Å²) in [6.07, 6.45) is 0. The molecule has 7 aromatic carbocycles. The van der Waals surface area contributed by atoms with E-state index in [9.17, 15) is 0 Å². The lowest BCUT2D eigenvalue weighted by atomic mass is 9.91. The first kappa shape index (κ1) is 100. The van der Waals surface area contributed by atoms with E-state index in [2.05, 4.69) is 315 Å². The molecule has 0 fully saturated rings. The molecule has 0 bridgehead atoms. The summed E-state index contributed by atoms with van der Waals surface area (Å²) in [7, 11) is 3.31. The van der Waals surface area contributed by atoms with Gasteiger partial charge in [0, 0.05) is 23.7 Å². The number of methoxy groups -OCH3 is 2. The third-order valence-electron chi connectivity index (χ3n) is 19.9. The Kier molecular flexibility index (Phi) is 45.9. The van der Waals surface area contributed by atoms with Crippen molar-refractivity contribution in [2.75, 3.05) is 53.9 Å². The van der Waals surface area contributed by atoms with Crippen LogP contribution in [0.2, 0.25) is 0 Å². The van der Waals surface area contributed by atoms with Gasteiger partial charge in [0.25, 0.3) is 0 Å². The van der Waals surface area contributed by atoms with Crippen LogP contribution >= 0.6 is 0 Å². The van der Waals surface area contributed by atoms with Crippen LogP contribution in [0, 0.1) is 0 Å². The van der Waals surface area contributed by atoms with Gasteiger partial charge in [-0.1, -0.05) is 303 Å². The summed E-state index contributed by atoms with van der Waals surface area (Å²) in [6, 6.07) is 67.3. The van der Waals surface area contributed by atoms with E-state index in [-0.39, 0.29) is 0 Å². The summed E-state index contributed by atoms with van der Waals surface area (Å²) in [6.45, 7) is 65.2. The maximum absolute atomic E-state index is 5.83. The summed E-state index contributed by atoms with van der Waals surface area (Å²) in [5.74, 6) is 18.3. The van der Waals surface area contributed by atoms with Gasteiger partial charge in [0.1, 0.15) is 85.7 Å². The Morgan fingerprint density at radius 2 is 0.479 bits per heavy atom. The molecule has 10 rings (SSSR count). The van der Waals surface area contributed by atoms with Crippen molar-refractivity contribution in [1.82, 2.24) is 0 Å². The van der Waals surface area contributed by atoms with Crippen molar-refractivity contribution in [3.63, 3.8) is 0 Å². The van der Waals surface area contributed by atoms with Crippen LogP contribution in [0.15, 0.2) is 207 Å². The number of furan rings is 3. The number of hydrogen-bond donors (Lipinski definition) is 0. The van der Waals surface area contributed by atoms with Crippen molar-refractivity contribution in [3.8, 4) is 34.5 Å². The second kappa shape index (κ2) is 53.5. The minimum absolute atomic E-state index is 0.404. The van der Waals surface area contributed by atoms with Gasteiger partial charge in [-0.2, -0.15) is 0 Å². The van der Waals surface area contributed by atoms with E-state index in [1.54, 1.807) is 14.2 Å². The molecule has 0 unspecified atom stereocenters. The molecule has 642 valence electrons. The van der Waals surface area contributed by atoms with E-state index in [1.807, 2.05) is 72.8 Å². The highest BCUT2D eigenvalue weighted by Crippen LogP contribution is 2.34. The SMILES string of the molecule is CC(C)c1ccc(C(C)C)cc1.CC(C)c1ccc(C(C)C)o1.CC(C)c1ccc(COCCOCc2ccc(C(C)C)o2)o1.CC(C)c1ccc(OCCOc2ccc(C(C)C)cc2)cc1.CC(C)c1cccc(C(C)C)c1.CC(C)c1ccccc1C(C)C.COc1cc(C(C)C)ccc1OCCOc1ccc(C(C)C)cc1OC. The van der Waals surface area contributed by atoms with Crippen LogP contribution < -0.4 is 28.4 Å². The maximum Gasteiger partial charge on any atom is 0.161 e. The summed E-state index contributed by atoms with van der Waals surface area (Å²) in [5, 5.41) is 0. The molecule has 0 N–H and O–H groups in total. The van der Waals surface area contributed by atoms with Gasteiger partial charge in [0.2, 0.25) is 0 Å². The first-order valence-electron chi connectivity index (χ1n) is 43.3. The van der Waals surface area contributed by atoms with E-state index in [1.165, 1.54) is 55.6 Å². The molecule has 0 aliphatic carbocycles. The maximum atomic E-state index is 5.83. The van der Waals surface area contributed by atoms with Crippen LogP contribution in [0.1, 0.15) is 367 Å². The van der Waals surface area contributed by atoms with Crippen LogP contribution in [0.4, 0.5) is 0 Å². The van der Waals surface area contributed by atoms with Gasteiger partial charge in [-0.3, -0.25) is 0 Å². The van der Waals surface area contributed by atoms with Crippen molar-refractivity contribution in [2.45, 2.75) is 290 Å². The van der Waals surface area contributed by atoms with Crippen LogP contribution in [-0.2, 0) is 22.7 Å². The fourth-order valence-corrected chi connectivity index (χ4v) is 12.0. The molecule has 0 atom stereocenters. The standard InChI is InChI=1S/C22H30O4.C20H26O2.C18H26O4.3C12H18.C10H16O/c1-15(2)17-7-9-19(21(13-17)23-5)25-11-12-26-20-10-8-18(16(3)4)14-22(20)24-6;1-15(2)17-5-9-19(10-6-17)21-13-14-22-20-11-7-18(8-12-20)16(3)4;1-13(2)17-7-5-15(21-17)11-19-9-10-20-12-16-6-8-18(22-16)14(3)4;1-9(2)11-5-7-12(8-6-11)10(3)4;1-9(2)11-6-5-7-12(8-11)10(3)4;1-9(2)11-7-5-6-8-12(11)10(3)4;1-7(2)9-5-6-10(11-9)8(3)4/h7-10,13-16H,11-12H2,1-6H3;5-12,15-16H,13-14H2,1-4H3;5-8,13-14H,9-12H2,1-4H3;3*5-10H,1-4H3;5-8H,1-4H3. The third-order valence-corrected chi connectivity index (χ3v) is 19.9. The second-order valence-electron chi connectivity index (χ2n) is 34.4. The molecular weight excluding hydrogens is 1450 g/mol. The van der Waals surface area contributed by atoms with Gasteiger partial charge in [0.05, 0.1) is 27.4 Å². The lowest BCUT2D eigenvalue weighted by molar-refractivity contribution is 0.0231. The first-order valence-corrected chi connectivity index (χ1v) is 43.3. The number of hydrogen-bond acceptors (Lipinski definition) is 11. The van der Waals surface area contributed by atoms with Gasteiger partial charge in [-0.05, 0) is 200 Å². The average Bonchev–Trinajstić information content (AvgIpc) is 1.73. The zero-order valence-electron chi connectivity index (χ0n) is 77.7. The number of benzene rings is 7. The minimum atomic E-state index is 0.404. The van der Waals surface area contributed by atoms with Gasteiger partial charge in [-0.15, -0.1) is 0 Å². The predicted molar refractivity (Wildman–Crippen MR) is 493 cm³/mol. The molecule has 0 saturated carbocycles. The van der Waals surface area contributed by atoms with E-state index in [4.69, 9.17) is 51.1 Å². The first-order chi connectivity index (χ1) is 55.5. The molecule has 0 aliphatic rings. The summed E-state index contributed by atoms with van der Waals surface area (Å²) < 4.78 is 62.0. The van der Waals surface area contributed by atoms with Crippen LogP contribution in [0.5, 0.6) is 34.5 Å². The molecule has 0 radical (unpaired) electrons. The quantitative estimate of drug-likeness (QED) is 0.0366. The summed E-state index contributed by atoms with van der Waals surface area (Å²) >= 11 is 0. The summed E-state index contributed by atoms with van der Waals surface area (Å²) in [5.41, 5.74) is 13.8. The average molecular weight is 1600 g/mol. The predicted octanol–water partition coefficient (Wildman–Crippen LogP) is 31.0. The molecule has 3 aromatic heterocycles. The molecule has 0 aliphatic heterocycles. The van der Waals surface area contributed by atoms with Gasteiger partial charge in [-0.25, -0.2) is 0 Å². The van der Waals surface area contributed by atoms with Crippen LogP contribution in [0.25, 0.3) is 0 Å². The summed E-state index contributed by atoms with van der Waals surface area (Å²) in [4.78, 5) is 0. The molecule has 11 heteroatoms. The van der Waals surface area contributed by atoms with Crippen LogP contribution in [-0.4, -0.2) is 53.9 Å². The number of rotatable bonds is 33. The molecule has 0 saturated heterocycles. The van der Waals surface area contributed by atoms with E-state index >= 15 is 0 Å². The van der Waals surface area contributed by atoms with Crippen molar-refractivity contribution in [3.05, 3.63) is 284 Å². The van der Waals surface area contributed by atoms with Crippen molar-refractivity contribution >= 4 is 0 Å². The Balaban J connectivity index is 0.000000295. The van der Waals surface area contributed by atoms with Crippen molar-refractivity contribution in [2.24, 2.45) is 0 Å². The normalized spacial score (nSPS) is 11.2. The lowest BCUT2D eigenvalue weighted by Gasteiger charge is -2.15. The van der Waals surface area contributed by atoms with Crippen LogP contribution in [0.3, 0.4) is 0 Å². The Morgan fingerprint density at radius 3 is 0.744 bits per heavy atom. The van der Waals surface area contributed by atoms with E-state index in [0.717, 1.165) is 69.1 Å². The molecular formula is C106H152O11. The van der Waals surface area contributed by atoms with E-state index in [0.29, 0.717) is 136 Å². The highest BCUT2D eigenvalue weighted by molar-refractivity contribution is 5.45. The topological polar surface area (TPSA) is 113 Å². The molecule has 11 nitrogen and oxygen atoms in total. The fraction of sp³-hybridized carbons (Fsp3) is 0.491. The molecule has 3 heterocycles. The number of ether oxygens (including phenoxy) is 8. The third kappa shape index (κ3) is 37.3. The Hall–Kier alpha value is -8.90. The second-order valence-corrected chi connectivity index (χ2v) is 34.4. The smallest absolute Gasteiger partial charge is 0.161 e. The van der Waals surface area contributed by atoms with Gasteiger partial charge in [0.15, 0.2) is 23.0 Å². The highest BCUT2D eigenvalue weighted by Gasteiger charge is 2.15. The Labute approximate surface area is 709 Å². The highest BCUT2D eigenvalue weighted by atomic mass is 16.6. The fourth-order valence-electron chi connectivity index (χ4n) is 12.0. The molecule has 0 spiro atoms. The van der Waals surface area contributed by atoms with Gasteiger partial charge < -0.3 is 51.1 Å². The molecule has 10 aromatic rings.